The lowest BCUT2D eigenvalue weighted by atomic mass is 9.99. The first-order chi connectivity index (χ1) is 7.29. The van der Waals surface area contributed by atoms with Crippen LogP contribution in [0.25, 0.3) is 0 Å². The molecule has 0 bridgehead atoms. The van der Waals surface area contributed by atoms with E-state index < -0.39 is 0 Å². The van der Waals surface area contributed by atoms with E-state index in [1.807, 2.05) is 0 Å². The average Bonchev–Trinajstić information content (AvgIpc) is 2.29. The molecule has 0 atom stereocenters. The minimum absolute atomic E-state index is 0.361. The van der Waals surface area contributed by atoms with Crippen LogP contribution in [0, 0.1) is 0 Å². The molecule has 2 heterocycles. The summed E-state index contributed by atoms with van der Waals surface area (Å²) < 4.78 is 5.29. The number of nitrogens with zero attached hydrogens (tertiary/aromatic N) is 2. The fourth-order valence-corrected chi connectivity index (χ4v) is 2.04. The third-order valence-electron chi connectivity index (χ3n) is 2.49. The number of alkyl halides is 1. The molecule has 3 nitrogen and oxygen atoms in total. The molecule has 82 valence electrons. The van der Waals surface area contributed by atoms with Crippen molar-refractivity contribution in [3.8, 4) is 0 Å². The molecule has 0 N–H and O–H groups in total. The molecule has 15 heavy (non-hydrogen) atoms. The smallest absolute Gasteiger partial charge is 0.133 e. The van der Waals surface area contributed by atoms with Gasteiger partial charge < -0.3 is 4.74 Å². The summed E-state index contributed by atoms with van der Waals surface area (Å²) >= 11 is 11.6. The summed E-state index contributed by atoms with van der Waals surface area (Å²) in [4.78, 5) is 8.64. The molecule has 1 aromatic heterocycles. The fraction of sp³-hybridized carbons (Fsp3) is 0.600. The van der Waals surface area contributed by atoms with Gasteiger partial charge in [-0.05, 0) is 18.9 Å². The van der Waals surface area contributed by atoms with Gasteiger partial charge in [-0.25, -0.2) is 9.97 Å². The third kappa shape index (κ3) is 2.80. The van der Waals surface area contributed by atoms with Gasteiger partial charge in [0, 0.05) is 19.1 Å². The number of halogens is 2. The van der Waals surface area contributed by atoms with Crippen LogP contribution < -0.4 is 0 Å². The molecule has 1 saturated heterocycles. The van der Waals surface area contributed by atoms with Crippen LogP contribution in [0.4, 0.5) is 0 Å². The SMILES string of the molecule is ClCc1cc(Cl)nc(C2CCOCC2)n1. The maximum Gasteiger partial charge on any atom is 0.133 e. The summed E-state index contributed by atoms with van der Waals surface area (Å²) in [5.74, 6) is 1.54. The molecule has 1 fully saturated rings. The van der Waals surface area contributed by atoms with Crippen molar-refractivity contribution in [1.82, 2.24) is 9.97 Å². The molecular weight excluding hydrogens is 235 g/mol. The Balaban J connectivity index is 2.22. The molecule has 1 aromatic rings. The van der Waals surface area contributed by atoms with E-state index in [4.69, 9.17) is 27.9 Å². The van der Waals surface area contributed by atoms with Gasteiger partial charge in [-0.1, -0.05) is 11.6 Å². The number of ether oxygens (including phenoxy) is 1. The predicted octanol–water partition coefficient (Wildman–Crippen LogP) is 2.76. The van der Waals surface area contributed by atoms with Crippen LogP contribution >= 0.6 is 23.2 Å². The lowest BCUT2D eigenvalue weighted by Crippen LogP contribution is -2.16. The van der Waals surface area contributed by atoms with Gasteiger partial charge in [-0.15, -0.1) is 11.6 Å². The van der Waals surface area contributed by atoms with Gasteiger partial charge >= 0.3 is 0 Å². The summed E-state index contributed by atoms with van der Waals surface area (Å²) in [5.41, 5.74) is 0.790. The first-order valence-electron chi connectivity index (χ1n) is 4.96. The van der Waals surface area contributed by atoms with Gasteiger partial charge in [0.2, 0.25) is 0 Å². The van der Waals surface area contributed by atoms with Crippen LogP contribution in [-0.4, -0.2) is 23.2 Å². The molecule has 2 rings (SSSR count). The van der Waals surface area contributed by atoms with Crippen molar-refractivity contribution >= 4 is 23.2 Å². The first-order valence-corrected chi connectivity index (χ1v) is 5.88. The first kappa shape index (κ1) is 11.1. The Labute approximate surface area is 98.8 Å². The van der Waals surface area contributed by atoms with E-state index in [-0.39, 0.29) is 0 Å². The highest BCUT2D eigenvalue weighted by Gasteiger charge is 2.19. The summed E-state index contributed by atoms with van der Waals surface area (Å²) in [6, 6.07) is 1.71. The Morgan fingerprint density at radius 2 is 2.07 bits per heavy atom. The Morgan fingerprint density at radius 3 is 2.73 bits per heavy atom. The second kappa shape index (κ2) is 5.10. The molecular formula is C10H12Cl2N2O. The van der Waals surface area contributed by atoms with Crippen molar-refractivity contribution in [2.75, 3.05) is 13.2 Å². The monoisotopic (exact) mass is 246 g/mol. The van der Waals surface area contributed by atoms with E-state index in [9.17, 15) is 0 Å². The molecule has 0 amide bonds. The van der Waals surface area contributed by atoms with E-state index in [1.54, 1.807) is 6.07 Å². The number of aromatic nitrogens is 2. The third-order valence-corrected chi connectivity index (χ3v) is 2.96. The van der Waals surface area contributed by atoms with Gasteiger partial charge in [0.15, 0.2) is 0 Å². The predicted molar refractivity (Wildman–Crippen MR) is 59.4 cm³/mol. The quantitative estimate of drug-likeness (QED) is 0.595. The van der Waals surface area contributed by atoms with Gasteiger partial charge in [-0.2, -0.15) is 0 Å². The van der Waals surface area contributed by atoms with Crippen molar-refractivity contribution in [1.29, 1.82) is 0 Å². The number of rotatable bonds is 2. The van der Waals surface area contributed by atoms with Gasteiger partial charge in [0.05, 0.1) is 11.6 Å². The topological polar surface area (TPSA) is 35.0 Å². The van der Waals surface area contributed by atoms with Gasteiger partial charge in [0.1, 0.15) is 11.0 Å². The molecule has 1 aliphatic heterocycles. The zero-order valence-electron chi connectivity index (χ0n) is 8.25. The van der Waals surface area contributed by atoms with Crippen molar-refractivity contribution in [2.45, 2.75) is 24.6 Å². The second-order valence-corrected chi connectivity index (χ2v) is 4.21. The zero-order chi connectivity index (χ0) is 10.7. The van der Waals surface area contributed by atoms with Crippen molar-refractivity contribution in [3.05, 3.63) is 22.7 Å². The fourth-order valence-electron chi connectivity index (χ4n) is 1.69. The molecule has 0 aromatic carbocycles. The van der Waals surface area contributed by atoms with Crippen molar-refractivity contribution < 1.29 is 4.74 Å². The highest BCUT2D eigenvalue weighted by molar-refractivity contribution is 6.29. The van der Waals surface area contributed by atoms with E-state index in [2.05, 4.69) is 9.97 Å². The van der Waals surface area contributed by atoms with Gasteiger partial charge in [0.25, 0.3) is 0 Å². The lowest BCUT2D eigenvalue weighted by molar-refractivity contribution is 0.0835. The van der Waals surface area contributed by atoms with Crippen molar-refractivity contribution in [3.63, 3.8) is 0 Å². The highest BCUT2D eigenvalue weighted by atomic mass is 35.5. The van der Waals surface area contributed by atoms with Crippen LogP contribution in [0.3, 0.4) is 0 Å². The molecule has 0 spiro atoms. The minimum atomic E-state index is 0.361. The van der Waals surface area contributed by atoms with Crippen LogP contribution in [-0.2, 0) is 10.6 Å². The highest BCUT2D eigenvalue weighted by Crippen LogP contribution is 2.25. The summed E-state index contributed by atoms with van der Waals surface area (Å²) in [7, 11) is 0. The van der Waals surface area contributed by atoms with Crippen LogP contribution in [0.2, 0.25) is 5.15 Å². The lowest BCUT2D eigenvalue weighted by Gasteiger charge is -2.20. The molecule has 0 saturated carbocycles. The minimum Gasteiger partial charge on any atom is -0.381 e. The van der Waals surface area contributed by atoms with E-state index in [1.165, 1.54) is 0 Å². The van der Waals surface area contributed by atoms with Crippen LogP contribution in [0.15, 0.2) is 6.07 Å². The average molecular weight is 247 g/mol. The molecule has 1 aliphatic rings. The van der Waals surface area contributed by atoms with E-state index in [0.29, 0.717) is 17.0 Å². The van der Waals surface area contributed by atoms with Crippen molar-refractivity contribution in [2.24, 2.45) is 0 Å². The second-order valence-electron chi connectivity index (χ2n) is 3.56. The Bertz CT molecular complexity index is 340. The normalized spacial score (nSPS) is 18.0. The zero-order valence-corrected chi connectivity index (χ0v) is 9.76. The maximum absolute atomic E-state index is 5.91. The summed E-state index contributed by atoms with van der Waals surface area (Å²) in [6.07, 6.45) is 1.92. The molecule has 0 unspecified atom stereocenters. The Hall–Kier alpha value is -0.380. The number of hydrogen-bond donors (Lipinski definition) is 0. The number of hydrogen-bond acceptors (Lipinski definition) is 3. The molecule has 5 heteroatoms. The largest absolute Gasteiger partial charge is 0.381 e. The Kier molecular flexibility index (Phi) is 3.78. The maximum atomic E-state index is 5.91. The van der Waals surface area contributed by atoms with Crippen LogP contribution in [0.5, 0.6) is 0 Å². The molecule has 0 aliphatic carbocycles. The molecule has 0 radical (unpaired) electrons. The summed E-state index contributed by atoms with van der Waals surface area (Å²) in [5, 5.41) is 0.474. The van der Waals surface area contributed by atoms with Gasteiger partial charge in [-0.3, -0.25) is 0 Å². The van der Waals surface area contributed by atoms with E-state index >= 15 is 0 Å². The Morgan fingerprint density at radius 1 is 1.33 bits per heavy atom. The van der Waals surface area contributed by atoms with E-state index in [0.717, 1.165) is 37.6 Å². The van der Waals surface area contributed by atoms with Crippen LogP contribution in [0.1, 0.15) is 30.3 Å². The standard InChI is InChI=1S/C10H12Cl2N2O/c11-6-8-5-9(12)14-10(13-8)7-1-3-15-4-2-7/h5,7H,1-4,6H2. The summed E-state index contributed by atoms with van der Waals surface area (Å²) in [6.45, 7) is 1.55.